The highest BCUT2D eigenvalue weighted by molar-refractivity contribution is 7.17. The first-order valence-corrected chi connectivity index (χ1v) is 8.72. The fourth-order valence-corrected chi connectivity index (χ4v) is 3.37. The first-order valence-electron chi connectivity index (χ1n) is 7.52. The monoisotopic (exact) mass is 357 g/mol. The van der Waals surface area contributed by atoms with Gasteiger partial charge in [0.2, 0.25) is 0 Å². The number of halogens is 1. The smallest absolute Gasteiger partial charge is 0.268 e. The van der Waals surface area contributed by atoms with Crippen LogP contribution in [0.25, 0.3) is 10.6 Å². The average Bonchev–Trinajstić information content (AvgIpc) is 2.98. The molecular weight excluding hydrogens is 342 g/mol. The number of aromatic nitrogens is 2. The molecule has 24 heavy (non-hydrogen) atoms. The van der Waals surface area contributed by atoms with E-state index in [1.54, 1.807) is 12.4 Å². The number of anilines is 1. The van der Waals surface area contributed by atoms with Crippen molar-refractivity contribution in [3.63, 3.8) is 0 Å². The van der Waals surface area contributed by atoms with Gasteiger partial charge in [0.1, 0.15) is 9.88 Å². The van der Waals surface area contributed by atoms with E-state index >= 15 is 0 Å². The minimum absolute atomic E-state index is 0.204. The first kappa shape index (κ1) is 16.6. The Morgan fingerprint density at radius 1 is 1.21 bits per heavy atom. The molecule has 2 aromatic heterocycles. The van der Waals surface area contributed by atoms with Crippen LogP contribution in [0.15, 0.2) is 48.8 Å². The summed E-state index contributed by atoms with van der Waals surface area (Å²) in [6.45, 7) is 4.26. The summed E-state index contributed by atoms with van der Waals surface area (Å²) in [5, 5.41) is 3.74. The second kappa shape index (κ2) is 7.11. The van der Waals surface area contributed by atoms with Crippen LogP contribution in [0.1, 0.15) is 35.0 Å². The highest BCUT2D eigenvalue weighted by atomic mass is 35.5. The maximum absolute atomic E-state index is 12.5. The fraction of sp³-hybridized carbons (Fsp3) is 0.167. The van der Waals surface area contributed by atoms with Crippen LogP contribution in [0, 0.1) is 0 Å². The minimum atomic E-state index is -0.259. The molecule has 0 atom stereocenters. The molecule has 1 aromatic carbocycles. The van der Waals surface area contributed by atoms with E-state index in [9.17, 15) is 4.79 Å². The van der Waals surface area contributed by atoms with Crippen LogP contribution in [0.3, 0.4) is 0 Å². The van der Waals surface area contributed by atoms with E-state index in [-0.39, 0.29) is 11.1 Å². The van der Waals surface area contributed by atoms with Gasteiger partial charge in [0.25, 0.3) is 5.91 Å². The standard InChI is InChI=1S/C18H16ClN3OS/c1-11(2)12-5-7-14(8-6-12)21-17(23)15-16(19)22-18(24-15)13-4-3-9-20-10-13/h3-11H,1-2H3,(H,21,23). The van der Waals surface area contributed by atoms with Crippen LogP contribution < -0.4 is 5.32 Å². The Kier molecular flexibility index (Phi) is 4.92. The van der Waals surface area contributed by atoms with Gasteiger partial charge >= 0.3 is 0 Å². The Balaban J connectivity index is 1.79. The lowest BCUT2D eigenvalue weighted by atomic mass is 10.0. The predicted molar refractivity (Wildman–Crippen MR) is 98.8 cm³/mol. The van der Waals surface area contributed by atoms with E-state index in [4.69, 9.17) is 11.6 Å². The Morgan fingerprint density at radius 3 is 2.58 bits per heavy atom. The number of thiazole rings is 1. The number of hydrogen-bond acceptors (Lipinski definition) is 4. The number of carbonyl (C=O) groups excluding carboxylic acids is 1. The summed E-state index contributed by atoms with van der Waals surface area (Å²) in [4.78, 5) is 21.2. The number of nitrogens with one attached hydrogen (secondary N) is 1. The van der Waals surface area contributed by atoms with Crippen LogP contribution in [-0.4, -0.2) is 15.9 Å². The molecule has 3 rings (SSSR count). The van der Waals surface area contributed by atoms with Gasteiger partial charge in [-0.1, -0.05) is 37.6 Å². The lowest BCUT2D eigenvalue weighted by Crippen LogP contribution is -2.10. The Morgan fingerprint density at radius 2 is 1.96 bits per heavy atom. The second-order valence-corrected chi connectivity index (χ2v) is 6.97. The number of amides is 1. The van der Waals surface area contributed by atoms with Gasteiger partial charge in [0.05, 0.1) is 0 Å². The summed E-state index contributed by atoms with van der Waals surface area (Å²) >= 11 is 7.39. The third-order valence-corrected chi connectivity index (χ3v) is 5.02. The van der Waals surface area contributed by atoms with Crippen LogP contribution in [0.5, 0.6) is 0 Å². The minimum Gasteiger partial charge on any atom is -0.321 e. The van der Waals surface area contributed by atoms with E-state index in [0.717, 1.165) is 11.3 Å². The quantitative estimate of drug-likeness (QED) is 0.695. The number of pyridine rings is 1. The topological polar surface area (TPSA) is 54.9 Å². The lowest BCUT2D eigenvalue weighted by molar-refractivity contribution is 0.103. The molecule has 0 aliphatic carbocycles. The number of nitrogens with zero attached hydrogens (tertiary/aromatic N) is 2. The molecule has 0 fully saturated rings. The zero-order chi connectivity index (χ0) is 17.1. The van der Waals surface area contributed by atoms with Crippen molar-refractivity contribution in [2.24, 2.45) is 0 Å². The van der Waals surface area contributed by atoms with Gasteiger partial charge < -0.3 is 5.32 Å². The van der Waals surface area contributed by atoms with E-state index < -0.39 is 0 Å². The summed E-state index contributed by atoms with van der Waals surface area (Å²) in [5.41, 5.74) is 2.80. The molecule has 0 aliphatic heterocycles. The molecule has 0 spiro atoms. The Bertz CT molecular complexity index is 844. The predicted octanol–water partition coefficient (Wildman–Crippen LogP) is 5.23. The number of benzene rings is 1. The van der Waals surface area contributed by atoms with Crippen molar-refractivity contribution < 1.29 is 4.79 Å². The lowest BCUT2D eigenvalue weighted by Gasteiger charge is -2.07. The Labute approximate surface area is 149 Å². The molecule has 6 heteroatoms. The van der Waals surface area contributed by atoms with Gasteiger partial charge in [0.15, 0.2) is 5.15 Å². The third kappa shape index (κ3) is 3.63. The second-order valence-electron chi connectivity index (χ2n) is 5.61. The zero-order valence-electron chi connectivity index (χ0n) is 13.3. The number of hydrogen-bond donors (Lipinski definition) is 1. The highest BCUT2D eigenvalue weighted by Crippen LogP contribution is 2.31. The molecule has 0 unspecified atom stereocenters. The van der Waals surface area contributed by atoms with Crippen molar-refractivity contribution in [2.75, 3.05) is 5.32 Å². The van der Waals surface area contributed by atoms with Crippen LogP contribution in [-0.2, 0) is 0 Å². The van der Waals surface area contributed by atoms with Gasteiger partial charge in [-0.25, -0.2) is 4.98 Å². The van der Waals surface area contributed by atoms with Crippen molar-refractivity contribution in [3.8, 4) is 10.6 Å². The summed E-state index contributed by atoms with van der Waals surface area (Å²) in [6.07, 6.45) is 3.38. The number of carbonyl (C=O) groups is 1. The van der Waals surface area contributed by atoms with Gasteiger partial charge in [-0.15, -0.1) is 11.3 Å². The highest BCUT2D eigenvalue weighted by Gasteiger charge is 2.18. The van der Waals surface area contributed by atoms with Crippen molar-refractivity contribution >= 4 is 34.5 Å². The maximum atomic E-state index is 12.5. The van der Waals surface area contributed by atoms with E-state index in [2.05, 4.69) is 29.1 Å². The van der Waals surface area contributed by atoms with Gasteiger partial charge in [0, 0.05) is 23.6 Å². The van der Waals surface area contributed by atoms with E-state index in [1.807, 2.05) is 36.4 Å². The zero-order valence-corrected chi connectivity index (χ0v) is 14.9. The summed E-state index contributed by atoms with van der Waals surface area (Å²) in [7, 11) is 0. The largest absolute Gasteiger partial charge is 0.321 e. The van der Waals surface area contributed by atoms with Gasteiger partial charge in [-0.3, -0.25) is 9.78 Å². The first-order chi connectivity index (χ1) is 11.5. The van der Waals surface area contributed by atoms with Crippen LogP contribution >= 0.6 is 22.9 Å². The maximum Gasteiger partial charge on any atom is 0.268 e. The van der Waals surface area contributed by atoms with E-state index in [1.165, 1.54) is 16.9 Å². The number of rotatable bonds is 4. The summed E-state index contributed by atoms with van der Waals surface area (Å²) < 4.78 is 0. The van der Waals surface area contributed by atoms with Gasteiger partial charge in [-0.05, 0) is 35.7 Å². The summed E-state index contributed by atoms with van der Waals surface area (Å²) in [6, 6.07) is 11.5. The molecule has 0 bridgehead atoms. The van der Waals surface area contributed by atoms with Crippen molar-refractivity contribution in [1.82, 2.24) is 9.97 Å². The van der Waals surface area contributed by atoms with Crippen LogP contribution in [0.4, 0.5) is 5.69 Å². The Hall–Kier alpha value is -2.24. The average molecular weight is 358 g/mol. The van der Waals surface area contributed by atoms with Crippen molar-refractivity contribution in [1.29, 1.82) is 0 Å². The van der Waals surface area contributed by atoms with Gasteiger partial charge in [-0.2, -0.15) is 0 Å². The van der Waals surface area contributed by atoms with Crippen LogP contribution in [0.2, 0.25) is 5.15 Å². The summed E-state index contributed by atoms with van der Waals surface area (Å²) in [5.74, 6) is 0.192. The molecular formula is C18H16ClN3OS. The molecule has 0 radical (unpaired) electrons. The molecule has 122 valence electrons. The molecule has 1 N–H and O–H groups in total. The third-order valence-electron chi connectivity index (χ3n) is 3.54. The molecule has 0 saturated heterocycles. The van der Waals surface area contributed by atoms with Crippen molar-refractivity contribution in [3.05, 3.63) is 64.4 Å². The molecule has 0 saturated carbocycles. The molecule has 3 aromatic rings. The SMILES string of the molecule is CC(C)c1ccc(NC(=O)c2sc(-c3cccnc3)nc2Cl)cc1. The van der Waals surface area contributed by atoms with Crippen molar-refractivity contribution in [2.45, 2.75) is 19.8 Å². The normalized spacial score (nSPS) is 10.8. The molecule has 0 aliphatic rings. The molecule has 2 heterocycles. The fourth-order valence-electron chi connectivity index (χ4n) is 2.19. The molecule has 4 nitrogen and oxygen atoms in total. The molecule has 1 amide bonds. The van der Waals surface area contributed by atoms with E-state index in [0.29, 0.717) is 15.8 Å².